The van der Waals surface area contributed by atoms with E-state index in [0.717, 1.165) is 17.2 Å². The lowest BCUT2D eigenvalue weighted by molar-refractivity contribution is -0.0511. The molecule has 0 amide bonds. The minimum absolute atomic E-state index is 0.0268. The maximum absolute atomic E-state index is 10.3. The van der Waals surface area contributed by atoms with Crippen LogP contribution in [0.4, 0.5) is 5.82 Å². The zero-order chi connectivity index (χ0) is 18.1. The number of aliphatic hydroxyl groups is 3. The van der Waals surface area contributed by atoms with E-state index in [4.69, 9.17) is 17.3 Å². The van der Waals surface area contributed by atoms with Gasteiger partial charge in [0.2, 0.25) is 0 Å². The summed E-state index contributed by atoms with van der Waals surface area (Å²) >= 11 is 0. The smallest absolute Gasteiger partial charge is 0.167 e. The van der Waals surface area contributed by atoms with Crippen LogP contribution < -0.4 is 5.73 Å². The van der Waals surface area contributed by atoms with Crippen LogP contribution in [-0.2, 0) is 4.74 Å². The second-order valence-electron chi connectivity index (χ2n) is 3.73. The van der Waals surface area contributed by atoms with Crippen molar-refractivity contribution in [2.24, 2.45) is 0 Å². The first kappa shape index (κ1) is 7.70. The van der Waals surface area contributed by atoms with Gasteiger partial charge in [-0.3, -0.25) is 4.57 Å². The second kappa shape index (κ2) is 4.38. The van der Waals surface area contributed by atoms with E-state index in [9.17, 15) is 15.3 Å². The highest BCUT2D eigenvalue weighted by Gasteiger charge is 2.43. The van der Waals surface area contributed by atoms with Gasteiger partial charge in [0.1, 0.15) is 30.1 Å². The zero-order valence-corrected chi connectivity index (χ0v) is 9.35. The average Bonchev–Trinajstić information content (AvgIpc) is 2.92. The number of anilines is 1. The van der Waals surface area contributed by atoms with Crippen molar-refractivity contribution in [1.29, 1.82) is 0 Å². The lowest BCUT2D eigenvalue weighted by Gasteiger charge is -2.16. The molecule has 0 saturated carbocycles. The van der Waals surface area contributed by atoms with E-state index >= 15 is 0 Å². The number of imidazole rings is 1. The van der Waals surface area contributed by atoms with E-state index in [-0.39, 0.29) is 17.0 Å². The summed E-state index contributed by atoms with van der Waals surface area (Å²) in [5.74, 6) is -0.0268. The van der Waals surface area contributed by atoms with Gasteiger partial charge < -0.3 is 25.8 Å². The van der Waals surface area contributed by atoms with E-state index in [2.05, 4.69) is 15.0 Å². The lowest BCUT2D eigenvalue weighted by atomic mass is 10.1. The molecular formula is C10H13N5O4. The van der Waals surface area contributed by atoms with Crippen LogP contribution in [0, 0.1) is 0 Å². The van der Waals surface area contributed by atoms with Crippen LogP contribution in [0.5, 0.6) is 0 Å². The molecule has 0 radical (unpaired) electrons. The number of hydrogen-bond acceptors (Lipinski definition) is 8. The molecule has 3 heterocycles. The number of ether oxygens (including phenoxy) is 1. The van der Waals surface area contributed by atoms with E-state index in [1.54, 1.807) is 0 Å². The third-order valence-corrected chi connectivity index (χ3v) is 2.66. The van der Waals surface area contributed by atoms with Gasteiger partial charge in [0.15, 0.2) is 17.7 Å². The predicted molar refractivity (Wildman–Crippen MR) is 62.7 cm³/mol. The summed E-state index contributed by atoms with van der Waals surface area (Å²) in [4.78, 5) is 11.4. The Kier molecular flexibility index (Phi) is 1.78. The maximum atomic E-state index is 10.3. The zero-order valence-electron chi connectivity index (χ0n) is 14.3. The molecule has 0 aromatic carbocycles. The standard InChI is InChI=1S/C10H13N5O4/c11-8-5-9(13-2-12-8)15(3-14-5)10-7(18)6(17)4(1-16)19-10/h2-4,6-7,10,16-18H,1H2,(H2,11,12,13)/t4-,6-,7-,10-/m1/s1/i1D2,4D,6D,7D. The van der Waals surface area contributed by atoms with Gasteiger partial charge in [-0.15, -0.1) is 0 Å². The summed E-state index contributed by atoms with van der Waals surface area (Å²) in [6.07, 6.45) is -10.1. The molecule has 0 unspecified atom stereocenters. The fourth-order valence-electron chi connectivity index (χ4n) is 1.77. The van der Waals surface area contributed by atoms with Crippen LogP contribution in [0.3, 0.4) is 0 Å². The molecule has 0 bridgehead atoms. The van der Waals surface area contributed by atoms with Gasteiger partial charge in [0.05, 0.1) is 19.7 Å². The third kappa shape index (κ3) is 1.75. The van der Waals surface area contributed by atoms with Crippen LogP contribution in [0.15, 0.2) is 12.7 Å². The number of fused-ring (bicyclic) bond motifs is 1. The molecule has 0 aliphatic carbocycles. The van der Waals surface area contributed by atoms with Crippen molar-refractivity contribution in [3.8, 4) is 0 Å². The monoisotopic (exact) mass is 272 g/mol. The number of rotatable bonds is 2. The molecule has 2 aromatic heterocycles. The average molecular weight is 272 g/mol. The number of nitrogens with zero attached hydrogens (tertiary/aromatic N) is 4. The Hall–Kier alpha value is -1.81. The van der Waals surface area contributed by atoms with Gasteiger partial charge in [-0.2, -0.15) is 0 Å². The van der Waals surface area contributed by atoms with Crippen LogP contribution in [0.1, 0.15) is 13.1 Å². The number of nitrogens with two attached hydrogens (primary N) is 1. The molecule has 9 nitrogen and oxygen atoms in total. The fraction of sp³-hybridized carbons (Fsp3) is 0.500. The maximum Gasteiger partial charge on any atom is 0.167 e. The molecule has 3 rings (SSSR count). The Bertz CT molecular complexity index is 809. The summed E-state index contributed by atoms with van der Waals surface area (Å²) in [6, 6.07) is 0. The Morgan fingerprint density at radius 3 is 2.89 bits per heavy atom. The minimum Gasteiger partial charge on any atom is -0.394 e. The molecule has 1 aliphatic rings. The molecule has 4 atom stereocenters. The highest BCUT2D eigenvalue weighted by atomic mass is 16.6. The third-order valence-electron chi connectivity index (χ3n) is 2.66. The largest absolute Gasteiger partial charge is 0.394 e. The van der Waals surface area contributed by atoms with Crippen molar-refractivity contribution in [2.45, 2.75) is 24.5 Å². The summed E-state index contributed by atoms with van der Waals surface area (Å²) in [6.45, 7) is -3.57. The summed E-state index contributed by atoms with van der Waals surface area (Å²) in [7, 11) is 0. The first-order valence-corrected chi connectivity index (χ1v) is 5.12. The first-order valence-electron chi connectivity index (χ1n) is 7.62. The molecule has 1 fully saturated rings. The Morgan fingerprint density at radius 2 is 2.21 bits per heavy atom. The lowest BCUT2D eigenvalue weighted by Crippen LogP contribution is -2.33. The molecule has 9 heteroatoms. The Labute approximate surface area is 114 Å². The van der Waals surface area contributed by atoms with Crippen LogP contribution in [0.25, 0.3) is 11.2 Å². The van der Waals surface area contributed by atoms with Crippen molar-refractivity contribution in [2.75, 3.05) is 12.3 Å². The summed E-state index contributed by atoms with van der Waals surface area (Å²) in [5, 5.41) is 29.9. The molecule has 19 heavy (non-hydrogen) atoms. The summed E-state index contributed by atoms with van der Waals surface area (Å²) < 4.78 is 43.7. The highest BCUT2D eigenvalue weighted by Crippen LogP contribution is 2.31. The van der Waals surface area contributed by atoms with Crippen molar-refractivity contribution >= 4 is 17.0 Å². The molecule has 102 valence electrons. The van der Waals surface area contributed by atoms with Gasteiger partial charge >= 0.3 is 0 Å². The SMILES string of the molecule is [2H]C([2H])(O)[C@@]1([2H])O[C@@H](n2cnc3c(N)ncnc32)[C@]([2H])(O)[C@]1([2H])O. The quantitative estimate of drug-likeness (QED) is 0.493. The predicted octanol–water partition coefficient (Wildman–Crippen LogP) is -1.98. The van der Waals surface area contributed by atoms with Gasteiger partial charge in [-0.05, 0) is 0 Å². The topological polar surface area (TPSA) is 140 Å². The molecule has 0 spiro atoms. The van der Waals surface area contributed by atoms with Crippen molar-refractivity contribution < 1.29 is 26.9 Å². The van der Waals surface area contributed by atoms with E-state index in [1.165, 1.54) is 0 Å². The van der Waals surface area contributed by atoms with Crippen molar-refractivity contribution in [1.82, 2.24) is 19.5 Å². The summed E-state index contributed by atoms with van der Waals surface area (Å²) in [5.41, 5.74) is 5.64. The molecule has 1 saturated heterocycles. The van der Waals surface area contributed by atoms with Crippen LogP contribution in [-0.4, -0.2) is 59.6 Å². The van der Waals surface area contributed by atoms with Gasteiger partial charge in [0.25, 0.3) is 0 Å². The fourth-order valence-corrected chi connectivity index (χ4v) is 1.77. The normalized spacial score (nSPS) is 47.3. The number of nitrogen functional groups attached to an aromatic ring is 1. The molecule has 2 aromatic rings. The van der Waals surface area contributed by atoms with Gasteiger partial charge in [-0.1, -0.05) is 0 Å². The minimum atomic E-state index is -3.57. The second-order valence-corrected chi connectivity index (χ2v) is 3.73. The molecule has 5 N–H and O–H groups in total. The van der Waals surface area contributed by atoms with Crippen LogP contribution >= 0.6 is 0 Å². The van der Waals surface area contributed by atoms with Crippen molar-refractivity contribution in [3.63, 3.8) is 0 Å². The molecular weight excluding hydrogens is 254 g/mol. The van der Waals surface area contributed by atoms with E-state index < -0.39 is 31.0 Å². The number of aromatic nitrogens is 4. The Balaban J connectivity index is 2.20. The Morgan fingerprint density at radius 1 is 1.42 bits per heavy atom. The number of hydrogen-bond donors (Lipinski definition) is 4. The van der Waals surface area contributed by atoms with Gasteiger partial charge in [-0.25, -0.2) is 15.0 Å². The molecule has 1 aliphatic heterocycles. The van der Waals surface area contributed by atoms with E-state index in [1.807, 2.05) is 0 Å². The van der Waals surface area contributed by atoms with Crippen molar-refractivity contribution in [3.05, 3.63) is 12.7 Å². The van der Waals surface area contributed by atoms with E-state index in [0.29, 0.717) is 0 Å². The van der Waals surface area contributed by atoms with Crippen LogP contribution in [0.2, 0.25) is 0 Å². The van der Waals surface area contributed by atoms with Gasteiger partial charge in [0, 0.05) is 0 Å². The first-order chi connectivity index (χ1) is 10.8. The highest BCUT2D eigenvalue weighted by molar-refractivity contribution is 5.81.